The average Bonchev–Trinajstić information content (AvgIpc) is 3.04. The molecule has 3 nitrogen and oxygen atoms in total. The number of para-hydroxylation sites is 1. The number of anilines is 1. The third kappa shape index (κ3) is 3.88. The van der Waals surface area contributed by atoms with Gasteiger partial charge in [0.05, 0.1) is 10.6 Å². The molecule has 23 heavy (non-hydrogen) atoms. The van der Waals surface area contributed by atoms with Gasteiger partial charge in [0.2, 0.25) is 0 Å². The summed E-state index contributed by atoms with van der Waals surface area (Å²) in [7, 11) is 0. The molecular formula is C18H18BrClN2O. The van der Waals surface area contributed by atoms with E-state index in [0.717, 1.165) is 23.9 Å². The number of nitrogens with zero attached hydrogens (tertiary/aromatic N) is 1. The van der Waals surface area contributed by atoms with Crippen LogP contribution in [0.15, 0.2) is 53.0 Å². The summed E-state index contributed by atoms with van der Waals surface area (Å²) in [5.41, 5.74) is 1.72. The third-order valence-corrected chi connectivity index (χ3v) is 4.96. The van der Waals surface area contributed by atoms with Gasteiger partial charge in [-0.2, -0.15) is 0 Å². The van der Waals surface area contributed by atoms with E-state index < -0.39 is 0 Å². The average molecular weight is 394 g/mol. The Morgan fingerprint density at radius 3 is 2.83 bits per heavy atom. The number of carbonyl (C=O) groups is 1. The summed E-state index contributed by atoms with van der Waals surface area (Å²) < 4.78 is 0.846. The van der Waals surface area contributed by atoms with Crippen LogP contribution in [-0.4, -0.2) is 25.0 Å². The van der Waals surface area contributed by atoms with E-state index in [0.29, 0.717) is 23.2 Å². The minimum atomic E-state index is -0.129. The van der Waals surface area contributed by atoms with Crippen molar-refractivity contribution in [3.05, 3.63) is 63.6 Å². The molecule has 1 N–H and O–H groups in total. The largest absolute Gasteiger partial charge is 0.367 e. The van der Waals surface area contributed by atoms with Crippen molar-refractivity contribution in [1.29, 1.82) is 0 Å². The molecule has 120 valence electrons. The number of hydrogen-bond donors (Lipinski definition) is 1. The van der Waals surface area contributed by atoms with Crippen molar-refractivity contribution < 1.29 is 4.79 Å². The molecular weight excluding hydrogens is 376 g/mol. The lowest BCUT2D eigenvalue weighted by Crippen LogP contribution is -2.40. The minimum absolute atomic E-state index is 0.129. The molecule has 1 unspecified atom stereocenters. The van der Waals surface area contributed by atoms with Gasteiger partial charge in [0.15, 0.2) is 0 Å². The van der Waals surface area contributed by atoms with Crippen LogP contribution in [0.25, 0.3) is 0 Å². The topological polar surface area (TPSA) is 32.3 Å². The van der Waals surface area contributed by atoms with Crippen molar-refractivity contribution in [1.82, 2.24) is 5.32 Å². The highest BCUT2D eigenvalue weighted by atomic mass is 79.9. The molecule has 2 aromatic rings. The normalized spacial score (nSPS) is 17.3. The Morgan fingerprint density at radius 1 is 1.26 bits per heavy atom. The van der Waals surface area contributed by atoms with E-state index in [9.17, 15) is 4.79 Å². The van der Waals surface area contributed by atoms with Crippen LogP contribution in [-0.2, 0) is 0 Å². The number of amides is 1. The Balaban J connectivity index is 1.65. The second-order valence-corrected chi connectivity index (χ2v) is 6.98. The SMILES string of the molecule is O=C(NCC1CCCN1c1ccccc1)c1cc(Br)ccc1Cl. The Bertz CT molecular complexity index is 693. The molecule has 1 fully saturated rings. The van der Waals surface area contributed by atoms with Gasteiger partial charge in [0.1, 0.15) is 0 Å². The fourth-order valence-electron chi connectivity index (χ4n) is 2.98. The highest BCUT2D eigenvalue weighted by Gasteiger charge is 2.25. The van der Waals surface area contributed by atoms with Crippen LogP contribution in [0.2, 0.25) is 5.02 Å². The predicted octanol–water partition coefficient (Wildman–Crippen LogP) is 4.50. The van der Waals surface area contributed by atoms with Crippen molar-refractivity contribution in [2.75, 3.05) is 18.0 Å². The van der Waals surface area contributed by atoms with E-state index >= 15 is 0 Å². The number of nitrogens with one attached hydrogen (secondary N) is 1. The molecule has 0 aliphatic carbocycles. The molecule has 0 saturated carbocycles. The molecule has 0 bridgehead atoms. The lowest BCUT2D eigenvalue weighted by atomic mass is 10.1. The summed E-state index contributed by atoms with van der Waals surface area (Å²) in [5.74, 6) is -0.129. The molecule has 0 aromatic heterocycles. The van der Waals surface area contributed by atoms with Gasteiger partial charge in [-0.15, -0.1) is 0 Å². The summed E-state index contributed by atoms with van der Waals surface area (Å²) in [4.78, 5) is 14.7. The van der Waals surface area contributed by atoms with Crippen LogP contribution in [0.3, 0.4) is 0 Å². The van der Waals surface area contributed by atoms with Crippen LogP contribution in [0.1, 0.15) is 23.2 Å². The number of benzene rings is 2. The summed E-state index contributed by atoms with van der Waals surface area (Å²) in [5, 5.41) is 3.49. The lowest BCUT2D eigenvalue weighted by molar-refractivity contribution is 0.0951. The van der Waals surface area contributed by atoms with E-state index in [2.05, 4.69) is 38.3 Å². The second kappa shape index (κ2) is 7.37. The van der Waals surface area contributed by atoms with Gasteiger partial charge in [0, 0.05) is 29.3 Å². The number of hydrogen-bond acceptors (Lipinski definition) is 2. The van der Waals surface area contributed by atoms with Crippen LogP contribution in [0.4, 0.5) is 5.69 Å². The predicted molar refractivity (Wildman–Crippen MR) is 98.3 cm³/mol. The number of halogens is 2. The maximum Gasteiger partial charge on any atom is 0.252 e. The first-order valence-electron chi connectivity index (χ1n) is 7.70. The first-order chi connectivity index (χ1) is 11.1. The molecule has 1 amide bonds. The van der Waals surface area contributed by atoms with E-state index in [-0.39, 0.29) is 5.91 Å². The molecule has 5 heteroatoms. The maximum absolute atomic E-state index is 12.4. The van der Waals surface area contributed by atoms with Crippen molar-refractivity contribution in [3.8, 4) is 0 Å². The summed E-state index contributed by atoms with van der Waals surface area (Å²) in [6.07, 6.45) is 2.23. The Hall–Kier alpha value is -1.52. The molecule has 2 aromatic carbocycles. The van der Waals surface area contributed by atoms with Gasteiger partial charge < -0.3 is 10.2 Å². The third-order valence-electron chi connectivity index (χ3n) is 4.14. The van der Waals surface area contributed by atoms with Crippen molar-refractivity contribution in [2.24, 2.45) is 0 Å². The van der Waals surface area contributed by atoms with Gasteiger partial charge in [-0.05, 0) is 43.2 Å². The smallest absolute Gasteiger partial charge is 0.252 e. The fourth-order valence-corrected chi connectivity index (χ4v) is 3.55. The van der Waals surface area contributed by atoms with Crippen LogP contribution in [0.5, 0.6) is 0 Å². The van der Waals surface area contributed by atoms with E-state index in [1.165, 1.54) is 5.69 Å². The van der Waals surface area contributed by atoms with Crippen molar-refractivity contribution in [2.45, 2.75) is 18.9 Å². The molecule has 1 saturated heterocycles. The number of carbonyl (C=O) groups excluding carboxylic acids is 1. The molecule has 1 aliphatic rings. The van der Waals surface area contributed by atoms with Crippen LogP contribution < -0.4 is 10.2 Å². The quantitative estimate of drug-likeness (QED) is 0.829. The van der Waals surface area contributed by atoms with Crippen LogP contribution in [0, 0.1) is 0 Å². The van der Waals surface area contributed by atoms with Gasteiger partial charge in [-0.25, -0.2) is 0 Å². The monoisotopic (exact) mass is 392 g/mol. The first-order valence-corrected chi connectivity index (χ1v) is 8.87. The van der Waals surface area contributed by atoms with Gasteiger partial charge >= 0.3 is 0 Å². The van der Waals surface area contributed by atoms with Crippen molar-refractivity contribution >= 4 is 39.1 Å². The Kier molecular flexibility index (Phi) is 5.23. The molecule has 0 spiro atoms. The summed E-state index contributed by atoms with van der Waals surface area (Å²) in [6, 6.07) is 16.0. The number of rotatable bonds is 4. The molecule has 1 heterocycles. The van der Waals surface area contributed by atoms with Crippen molar-refractivity contribution in [3.63, 3.8) is 0 Å². The van der Waals surface area contributed by atoms with E-state index in [1.54, 1.807) is 12.1 Å². The fraction of sp³-hybridized carbons (Fsp3) is 0.278. The minimum Gasteiger partial charge on any atom is -0.367 e. The Morgan fingerprint density at radius 2 is 2.04 bits per heavy atom. The second-order valence-electron chi connectivity index (χ2n) is 5.66. The standard InChI is InChI=1S/C18H18BrClN2O/c19-13-8-9-17(20)16(11-13)18(23)21-12-15-7-4-10-22(15)14-5-2-1-3-6-14/h1-3,5-6,8-9,11,15H,4,7,10,12H2,(H,21,23). The van der Waals surface area contributed by atoms with Gasteiger partial charge in [-0.3, -0.25) is 4.79 Å². The highest BCUT2D eigenvalue weighted by Crippen LogP contribution is 2.25. The van der Waals surface area contributed by atoms with Gasteiger partial charge in [0.25, 0.3) is 5.91 Å². The zero-order chi connectivity index (χ0) is 16.2. The summed E-state index contributed by atoms with van der Waals surface area (Å²) >= 11 is 9.49. The van der Waals surface area contributed by atoms with Crippen LogP contribution >= 0.6 is 27.5 Å². The first kappa shape index (κ1) is 16.3. The zero-order valence-corrected chi connectivity index (χ0v) is 15.0. The molecule has 0 radical (unpaired) electrons. The molecule has 3 rings (SSSR count). The maximum atomic E-state index is 12.4. The zero-order valence-electron chi connectivity index (χ0n) is 12.6. The Labute approximate surface area is 149 Å². The molecule has 1 aliphatic heterocycles. The molecule has 1 atom stereocenters. The highest BCUT2D eigenvalue weighted by molar-refractivity contribution is 9.10. The van der Waals surface area contributed by atoms with E-state index in [1.807, 2.05) is 24.3 Å². The lowest BCUT2D eigenvalue weighted by Gasteiger charge is -2.27. The van der Waals surface area contributed by atoms with E-state index in [4.69, 9.17) is 11.6 Å². The van der Waals surface area contributed by atoms with Gasteiger partial charge in [-0.1, -0.05) is 45.7 Å². The summed E-state index contributed by atoms with van der Waals surface area (Å²) in [6.45, 7) is 1.65.